The molecule has 0 aliphatic carbocycles. The molecule has 0 spiro atoms. The monoisotopic (exact) mass is 320 g/mol. The molecule has 2 aromatic heterocycles. The summed E-state index contributed by atoms with van der Waals surface area (Å²) in [5.41, 5.74) is 4.00. The summed E-state index contributed by atoms with van der Waals surface area (Å²) in [4.78, 5) is 4.46. The summed E-state index contributed by atoms with van der Waals surface area (Å²) in [5, 5.41) is 8.25. The number of fused-ring (bicyclic) bond motifs is 2. The van der Waals surface area contributed by atoms with Crippen molar-refractivity contribution in [1.82, 2.24) is 14.8 Å². The molecule has 120 valence electrons. The van der Waals surface area contributed by atoms with Crippen LogP contribution in [0.3, 0.4) is 0 Å². The van der Waals surface area contributed by atoms with Crippen LogP contribution in [-0.4, -0.2) is 34.5 Å². The van der Waals surface area contributed by atoms with E-state index in [1.54, 1.807) is 6.20 Å². The Hall–Kier alpha value is -3.02. The molecule has 6 nitrogen and oxygen atoms in total. The summed E-state index contributed by atoms with van der Waals surface area (Å²) < 4.78 is 13.2. The van der Waals surface area contributed by atoms with Gasteiger partial charge in [-0.05, 0) is 30.7 Å². The molecular formula is C18H16N4O2. The first-order valence-electron chi connectivity index (χ1n) is 8.07. The molecule has 0 unspecified atom stereocenters. The van der Waals surface area contributed by atoms with Crippen molar-refractivity contribution in [3.63, 3.8) is 0 Å². The normalized spacial score (nSPS) is 15.0. The van der Waals surface area contributed by atoms with Gasteiger partial charge in [-0.1, -0.05) is 6.07 Å². The SMILES string of the molecule is c1ccc(-c2nn(-c3ccc4c(c3)OCCO4)c3c2CCN3)nc1. The van der Waals surface area contributed by atoms with Gasteiger partial charge in [0.25, 0.3) is 0 Å². The molecule has 2 aliphatic rings. The van der Waals surface area contributed by atoms with E-state index in [0.29, 0.717) is 13.2 Å². The molecule has 1 N–H and O–H groups in total. The molecule has 5 rings (SSSR count). The summed E-state index contributed by atoms with van der Waals surface area (Å²) in [6.07, 6.45) is 2.75. The van der Waals surface area contributed by atoms with Crippen LogP contribution in [0.2, 0.25) is 0 Å². The van der Waals surface area contributed by atoms with Crippen LogP contribution in [0.5, 0.6) is 11.5 Å². The lowest BCUT2D eigenvalue weighted by Gasteiger charge is -2.19. The third-order valence-electron chi connectivity index (χ3n) is 4.33. The minimum absolute atomic E-state index is 0.575. The van der Waals surface area contributed by atoms with Crippen LogP contribution in [-0.2, 0) is 6.42 Å². The molecule has 0 saturated heterocycles. The van der Waals surface area contributed by atoms with Gasteiger partial charge in [0, 0.05) is 24.4 Å². The lowest BCUT2D eigenvalue weighted by atomic mass is 10.1. The van der Waals surface area contributed by atoms with Crippen LogP contribution >= 0.6 is 0 Å². The minimum atomic E-state index is 0.575. The Balaban J connectivity index is 1.65. The highest BCUT2D eigenvalue weighted by atomic mass is 16.6. The average Bonchev–Trinajstić information content (AvgIpc) is 3.24. The zero-order chi connectivity index (χ0) is 15.9. The lowest BCUT2D eigenvalue weighted by molar-refractivity contribution is 0.171. The van der Waals surface area contributed by atoms with Gasteiger partial charge in [0.2, 0.25) is 0 Å². The quantitative estimate of drug-likeness (QED) is 0.786. The predicted octanol–water partition coefficient (Wildman–Crippen LogP) is 2.67. The zero-order valence-electron chi connectivity index (χ0n) is 13.0. The molecule has 0 atom stereocenters. The van der Waals surface area contributed by atoms with Gasteiger partial charge in [0.1, 0.15) is 24.7 Å². The van der Waals surface area contributed by atoms with E-state index in [1.807, 2.05) is 41.1 Å². The molecule has 4 heterocycles. The molecule has 0 fully saturated rings. The number of pyridine rings is 1. The highest BCUT2D eigenvalue weighted by Crippen LogP contribution is 2.37. The molecular weight excluding hydrogens is 304 g/mol. The molecule has 6 heteroatoms. The fourth-order valence-corrected chi connectivity index (χ4v) is 3.23. The van der Waals surface area contributed by atoms with Crippen molar-refractivity contribution >= 4 is 5.82 Å². The van der Waals surface area contributed by atoms with E-state index >= 15 is 0 Å². The molecule has 2 aliphatic heterocycles. The van der Waals surface area contributed by atoms with Crippen molar-refractivity contribution < 1.29 is 9.47 Å². The van der Waals surface area contributed by atoms with Crippen LogP contribution < -0.4 is 14.8 Å². The lowest BCUT2D eigenvalue weighted by Crippen LogP contribution is -2.15. The summed E-state index contributed by atoms with van der Waals surface area (Å²) in [6, 6.07) is 11.8. The smallest absolute Gasteiger partial charge is 0.163 e. The van der Waals surface area contributed by atoms with Crippen LogP contribution in [0.1, 0.15) is 5.56 Å². The number of benzene rings is 1. The Kier molecular flexibility index (Phi) is 2.94. The Bertz CT molecular complexity index is 905. The maximum atomic E-state index is 5.70. The average molecular weight is 320 g/mol. The third kappa shape index (κ3) is 2.03. The van der Waals surface area contributed by atoms with E-state index in [4.69, 9.17) is 14.6 Å². The first-order chi connectivity index (χ1) is 11.9. The number of nitrogens with one attached hydrogen (secondary N) is 1. The maximum absolute atomic E-state index is 5.70. The van der Waals surface area contributed by atoms with Gasteiger partial charge < -0.3 is 14.8 Å². The van der Waals surface area contributed by atoms with Crippen molar-refractivity contribution in [2.75, 3.05) is 25.1 Å². The fourth-order valence-electron chi connectivity index (χ4n) is 3.23. The molecule has 0 bridgehead atoms. The predicted molar refractivity (Wildman–Crippen MR) is 90.0 cm³/mol. The highest BCUT2D eigenvalue weighted by molar-refractivity contribution is 5.71. The largest absolute Gasteiger partial charge is 0.486 e. The van der Waals surface area contributed by atoms with Gasteiger partial charge >= 0.3 is 0 Å². The van der Waals surface area contributed by atoms with Gasteiger partial charge in [0.15, 0.2) is 11.5 Å². The zero-order valence-corrected chi connectivity index (χ0v) is 13.0. The van der Waals surface area contributed by atoms with E-state index in [2.05, 4.69) is 10.3 Å². The summed E-state index contributed by atoms with van der Waals surface area (Å²) in [6.45, 7) is 2.08. The number of nitrogens with zero attached hydrogens (tertiary/aromatic N) is 3. The van der Waals surface area contributed by atoms with Crippen LogP contribution in [0.15, 0.2) is 42.6 Å². The van der Waals surface area contributed by atoms with Crippen LogP contribution in [0.4, 0.5) is 5.82 Å². The Morgan fingerprint density at radius 1 is 1.04 bits per heavy atom. The second-order valence-electron chi connectivity index (χ2n) is 5.81. The Labute approximate surface area is 139 Å². The first-order valence-corrected chi connectivity index (χ1v) is 8.07. The van der Waals surface area contributed by atoms with Crippen molar-refractivity contribution in [1.29, 1.82) is 0 Å². The third-order valence-corrected chi connectivity index (χ3v) is 4.33. The summed E-state index contributed by atoms with van der Waals surface area (Å²) in [7, 11) is 0. The van der Waals surface area contributed by atoms with E-state index in [-0.39, 0.29) is 0 Å². The number of aromatic nitrogens is 3. The highest BCUT2D eigenvalue weighted by Gasteiger charge is 2.25. The van der Waals surface area contributed by atoms with E-state index in [9.17, 15) is 0 Å². The van der Waals surface area contributed by atoms with Crippen LogP contribution in [0, 0.1) is 0 Å². The van der Waals surface area contributed by atoms with Crippen molar-refractivity contribution in [3.8, 4) is 28.6 Å². The first kappa shape index (κ1) is 13.4. The number of rotatable bonds is 2. The Morgan fingerprint density at radius 2 is 1.96 bits per heavy atom. The van der Waals surface area contributed by atoms with Gasteiger partial charge in [-0.3, -0.25) is 4.98 Å². The maximum Gasteiger partial charge on any atom is 0.163 e. The van der Waals surface area contributed by atoms with Crippen molar-refractivity contribution in [3.05, 3.63) is 48.2 Å². The Morgan fingerprint density at radius 3 is 2.83 bits per heavy atom. The van der Waals surface area contributed by atoms with E-state index in [1.165, 1.54) is 5.56 Å². The van der Waals surface area contributed by atoms with E-state index in [0.717, 1.165) is 47.4 Å². The molecule has 3 aromatic rings. The van der Waals surface area contributed by atoms with Gasteiger partial charge in [-0.15, -0.1) is 0 Å². The number of hydrogen-bond acceptors (Lipinski definition) is 5. The molecule has 0 radical (unpaired) electrons. The van der Waals surface area contributed by atoms with Crippen LogP contribution in [0.25, 0.3) is 17.1 Å². The summed E-state index contributed by atoms with van der Waals surface area (Å²) >= 11 is 0. The molecule has 24 heavy (non-hydrogen) atoms. The summed E-state index contributed by atoms with van der Waals surface area (Å²) in [5.74, 6) is 2.58. The number of ether oxygens (including phenoxy) is 2. The second kappa shape index (κ2) is 5.26. The van der Waals surface area contributed by atoms with Gasteiger partial charge in [0.05, 0.1) is 11.4 Å². The van der Waals surface area contributed by atoms with Gasteiger partial charge in [-0.25, -0.2) is 4.68 Å². The number of anilines is 1. The molecule has 1 aromatic carbocycles. The topological polar surface area (TPSA) is 61.2 Å². The van der Waals surface area contributed by atoms with Gasteiger partial charge in [-0.2, -0.15) is 5.10 Å². The van der Waals surface area contributed by atoms with Crippen molar-refractivity contribution in [2.45, 2.75) is 6.42 Å². The second-order valence-corrected chi connectivity index (χ2v) is 5.81. The number of hydrogen-bond donors (Lipinski definition) is 1. The fraction of sp³-hybridized carbons (Fsp3) is 0.222. The van der Waals surface area contributed by atoms with E-state index < -0.39 is 0 Å². The molecule has 0 saturated carbocycles. The van der Waals surface area contributed by atoms with Crippen molar-refractivity contribution in [2.24, 2.45) is 0 Å². The molecule has 0 amide bonds. The standard InChI is InChI=1S/C18H16N4O2/c1-2-7-19-14(3-1)17-13-6-8-20-18(13)22(21-17)12-4-5-15-16(11-12)24-10-9-23-15/h1-5,7,11,20H,6,8-10H2. The minimum Gasteiger partial charge on any atom is -0.486 e.